The van der Waals surface area contributed by atoms with Gasteiger partial charge in [0, 0.05) is 23.3 Å². The number of nitrogens with zero attached hydrogens (tertiary/aromatic N) is 1. The first kappa shape index (κ1) is 18.1. The number of anilines is 1. The topological polar surface area (TPSA) is 29.3 Å². The molecule has 0 aromatic heterocycles. The molecule has 0 amide bonds. The minimum atomic E-state index is -4.24. The largest absolute Gasteiger partial charge is 0.405 e. The predicted octanol–water partition coefficient (Wildman–Crippen LogP) is 4.40. The quantitative estimate of drug-likeness (QED) is 0.806. The number of rotatable bonds is 7. The standard InChI is InChI=1S/C15H22ClF3N2/c1-3-7-21(10-15(17,18)19)14-6-5-12(16)8-11(14)9-13(20)4-2/h5-6,8,13H,3-4,7,9-10,20H2,1-2H3. The molecule has 0 fully saturated rings. The lowest BCUT2D eigenvalue weighted by Gasteiger charge is -2.28. The highest BCUT2D eigenvalue weighted by Gasteiger charge is 2.31. The highest BCUT2D eigenvalue weighted by Crippen LogP contribution is 2.29. The maximum Gasteiger partial charge on any atom is 0.405 e. The molecule has 0 bridgehead atoms. The molecule has 1 atom stereocenters. The normalized spacial score (nSPS) is 13.3. The second-order valence-electron chi connectivity index (χ2n) is 5.18. The summed E-state index contributed by atoms with van der Waals surface area (Å²) in [6.07, 6.45) is -2.32. The van der Waals surface area contributed by atoms with Crippen LogP contribution < -0.4 is 10.6 Å². The van der Waals surface area contributed by atoms with E-state index >= 15 is 0 Å². The van der Waals surface area contributed by atoms with Gasteiger partial charge in [-0.1, -0.05) is 25.4 Å². The Morgan fingerprint density at radius 3 is 2.48 bits per heavy atom. The number of hydrogen-bond acceptors (Lipinski definition) is 2. The van der Waals surface area contributed by atoms with E-state index in [9.17, 15) is 13.2 Å². The monoisotopic (exact) mass is 322 g/mol. The lowest BCUT2D eigenvalue weighted by molar-refractivity contribution is -0.119. The molecule has 0 heterocycles. The Morgan fingerprint density at radius 2 is 1.95 bits per heavy atom. The average molecular weight is 323 g/mol. The van der Waals surface area contributed by atoms with Crippen LogP contribution >= 0.6 is 11.6 Å². The van der Waals surface area contributed by atoms with Crippen molar-refractivity contribution < 1.29 is 13.2 Å². The van der Waals surface area contributed by atoms with Crippen LogP contribution in [0.1, 0.15) is 32.3 Å². The van der Waals surface area contributed by atoms with Gasteiger partial charge in [-0.2, -0.15) is 13.2 Å². The first-order valence-corrected chi connectivity index (χ1v) is 7.50. The first-order valence-electron chi connectivity index (χ1n) is 7.12. The molecular formula is C15H22ClF3N2. The Hall–Kier alpha value is -0.940. The van der Waals surface area contributed by atoms with Crippen LogP contribution in [0.2, 0.25) is 5.02 Å². The van der Waals surface area contributed by atoms with Crippen LogP contribution in [0, 0.1) is 0 Å². The van der Waals surface area contributed by atoms with Crippen LogP contribution in [0.15, 0.2) is 18.2 Å². The summed E-state index contributed by atoms with van der Waals surface area (Å²) in [5.74, 6) is 0. The summed E-state index contributed by atoms with van der Waals surface area (Å²) >= 11 is 5.98. The Kier molecular flexibility index (Phi) is 6.81. The van der Waals surface area contributed by atoms with Gasteiger partial charge in [0.2, 0.25) is 0 Å². The molecule has 0 saturated carbocycles. The molecule has 2 N–H and O–H groups in total. The van der Waals surface area contributed by atoms with Crippen LogP contribution in [0.5, 0.6) is 0 Å². The molecular weight excluding hydrogens is 301 g/mol. The molecule has 1 aromatic rings. The molecule has 120 valence electrons. The Morgan fingerprint density at radius 1 is 1.29 bits per heavy atom. The third-order valence-corrected chi connectivity index (χ3v) is 3.49. The van der Waals surface area contributed by atoms with Crippen molar-refractivity contribution in [1.29, 1.82) is 0 Å². The summed E-state index contributed by atoms with van der Waals surface area (Å²) in [6, 6.07) is 4.90. The second kappa shape index (κ2) is 7.90. The maximum absolute atomic E-state index is 12.8. The Bertz CT molecular complexity index is 449. The molecule has 0 aliphatic heterocycles. The second-order valence-corrected chi connectivity index (χ2v) is 5.62. The highest BCUT2D eigenvalue weighted by molar-refractivity contribution is 6.30. The minimum Gasteiger partial charge on any atom is -0.362 e. The van der Waals surface area contributed by atoms with Crippen LogP contribution in [0.4, 0.5) is 18.9 Å². The van der Waals surface area contributed by atoms with Crippen molar-refractivity contribution >= 4 is 17.3 Å². The molecule has 0 radical (unpaired) electrons. The molecule has 1 unspecified atom stereocenters. The summed E-state index contributed by atoms with van der Waals surface area (Å²) in [5, 5.41) is 0.514. The molecule has 2 nitrogen and oxygen atoms in total. The molecule has 0 saturated heterocycles. The summed E-state index contributed by atoms with van der Waals surface area (Å²) in [4.78, 5) is 1.36. The fraction of sp³-hybridized carbons (Fsp3) is 0.600. The van der Waals surface area contributed by atoms with Crippen molar-refractivity contribution in [3.8, 4) is 0 Å². The van der Waals surface area contributed by atoms with Crippen molar-refractivity contribution in [2.75, 3.05) is 18.0 Å². The zero-order valence-corrected chi connectivity index (χ0v) is 13.1. The maximum atomic E-state index is 12.8. The Balaban J connectivity index is 3.10. The lowest BCUT2D eigenvalue weighted by atomic mass is 10.0. The molecule has 0 aliphatic rings. The zero-order chi connectivity index (χ0) is 16.0. The number of benzene rings is 1. The van der Waals surface area contributed by atoms with Crippen molar-refractivity contribution in [2.45, 2.75) is 45.3 Å². The molecule has 1 aromatic carbocycles. The van der Waals surface area contributed by atoms with E-state index in [2.05, 4.69) is 0 Å². The molecule has 1 rings (SSSR count). The first-order chi connectivity index (χ1) is 9.76. The van der Waals surface area contributed by atoms with Gasteiger partial charge in [-0.15, -0.1) is 0 Å². The van der Waals surface area contributed by atoms with E-state index in [1.165, 1.54) is 4.90 Å². The molecule has 0 spiro atoms. The number of halogens is 4. The lowest BCUT2D eigenvalue weighted by Crippen LogP contribution is -2.36. The SMILES string of the molecule is CCCN(CC(F)(F)F)c1ccc(Cl)cc1CC(N)CC. The average Bonchev–Trinajstić information content (AvgIpc) is 2.36. The summed E-state index contributed by atoms with van der Waals surface area (Å²) in [5.41, 5.74) is 7.29. The van der Waals surface area contributed by atoms with Crippen LogP contribution in [0.3, 0.4) is 0 Å². The van der Waals surface area contributed by atoms with E-state index in [1.807, 2.05) is 13.8 Å². The van der Waals surface area contributed by atoms with Gasteiger partial charge in [-0.05, 0) is 43.0 Å². The van der Waals surface area contributed by atoms with Gasteiger partial charge in [0.25, 0.3) is 0 Å². The number of nitrogens with two attached hydrogens (primary N) is 1. The third kappa shape index (κ3) is 6.14. The van der Waals surface area contributed by atoms with Crippen LogP contribution in [-0.4, -0.2) is 25.3 Å². The van der Waals surface area contributed by atoms with Gasteiger partial charge in [0.15, 0.2) is 0 Å². The van der Waals surface area contributed by atoms with E-state index in [0.717, 1.165) is 12.0 Å². The van der Waals surface area contributed by atoms with Gasteiger partial charge >= 0.3 is 6.18 Å². The molecule has 0 aliphatic carbocycles. The minimum absolute atomic E-state index is 0.0865. The molecule has 21 heavy (non-hydrogen) atoms. The number of hydrogen-bond donors (Lipinski definition) is 1. The summed E-state index contributed by atoms with van der Waals surface area (Å²) in [7, 11) is 0. The third-order valence-electron chi connectivity index (χ3n) is 3.25. The van der Waals surface area contributed by atoms with Crippen molar-refractivity contribution in [3.05, 3.63) is 28.8 Å². The van der Waals surface area contributed by atoms with Gasteiger partial charge in [0.1, 0.15) is 6.54 Å². The molecule has 6 heteroatoms. The summed E-state index contributed by atoms with van der Waals surface area (Å²) < 4.78 is 38.3. The van der Waals surface area contributed by atoms with Crippen LogP contribution in [-0.2, 0) is 6.42 Å². The fourth-order valence-electron chi connectivity index (χ4n) is 2.22. The van der Waals surface area contributed by atoms with E-state index in [1.54, 1.807) is 18.2 Å². The van der Waals surface area contributed by atoms with Crippen LogP contribution in [0.25, 0.3) is 0 Å². The van der Waals surface area contributed by atoms with Crippen molar-refractivity contribution in [1.82, 2.24) is 0 Å². The van der Waals surface area contributed by atoms with E-state index < -0.39 is 12.7 Å². The predicted molar refractivity (Wildman–Crippen MR) is 82.0 cm³/mol. The van der Waals surface area contributed by atoms with E-state index in [0.29, 0.717) is 30.1 Å². The Labute approximate surface area is 129 Å². The van der Waals surface area contributed by atoms with E-state index in [4.69, 9.17) is 17.3 Å². The van der Waals surface area contributed by atoms with Gasteiger partial charge in [-0.25, -0.2) is 0 Å². The number of alkyl halides is 3. The van der Waals surface area contributed by atoms with Gasteiger partial charge < -0.3 is 10.6 Å². The van der Waals surface area contributed by atoms with Gasteiger partial charge in [-0.3, -0.25) is 0 Å². The smallest absolute Gasteiger partial charge is 0.362 e. The van der Waals surface area contributed by atoms with E-state index in [-0.39, 0.29) is 6.04 Å². The van der Waals surface area contributed by atoms with Crippen molar-refractivity contribution in [2.24, 2.45) is 5.73 Å². The zero-order valence-electron chi connectivity index (χ0n) is 12.4. The van der Waals surface area contributed by atoms with Gasteiger partial charge in [0.05, 0.1) is 0 Å². The fourth-order valence-corrected chi connectivity index (χ4v) is 2.42. The van der Waals surface area contributed by atoms with Crippen molar-refractivity contribution in [3.63, 3.8) is 0 Å². The summed E-state index contributed by atoms with van der Waals surface area (Å²) in [6.45, 7) is 3.19. The highest BCUT2D eigenvalue weighted by atomic mass is 35.5.